The van der Waals surface area contributed by atoms with Crippen molar-refractivity contribution in [3.63, 3.8) is 0 Å². The highest BCUT2D eigenvalue weighted by molar-refractivity contribution is 7.80. The molecule has 0 saturated carbocycles. The van der Waals surface area contributed by atoms with E-state index in [2.05, 4.69) is 31.7 Å². The second kappa shape index (κ2) is 26.7. The smallest absolute Gasteiger partial charge is 0.261 e. The van der Waals surface area contributed by atoms with Crippen LogP contribution >= 0.6 is 24.4 Å². The van der Waals surface area contributed by atoms with Crippen molar-refractivity contribution < 1.29 is 38.0 Å². The van der Waals surface area contributed by atoms with Gasteiger partial charge >= 0.3 is 0 Å². The highest BCUT2D eigenvalue weighted by Gasteiger charge is 2.48. The summed E-state index contributed by atoms with van der Waals surface area (Å²) in [5.74, 6) is -0.636. The van der Waals surface area contributed by atoms with Crippen LogP contribution in [0.5, 0.6) is 0 Å². The fourth-order valence-corrected chi connectivity index (χ4v) is 7.15. The van der Waals surface area contributed by atoms with Crippen molar-refractivity contribution >= 4 is 81.7 Å². The van der Waals surface area contributed by atoms with Crippen molar-refractivity contribution in [2.24, 2.45) is 10.2 Å². The molecular weight excluding hydrogens is 881 g/mol. The van der Waals surface area contributed by atoms with E-state index in [0.29, 0.717) is 96.7 Å². The van der Waals surface area contributed by atoms with E-state index in [1.54, 1.807) is 36.4 Å². The van der Waals surface area contributed by atoms with Crippen molar-refractivity contribution in [1.29, 1.82) is 0 Å². The minimum Gasteiger partial charge on any atom is -0.382 e. The predicted molar refractivity (Wildman–Crippen MR) is 264 cm³/mol. The lowest BCUT2D eigenvalue weighted by molar-refractivity contribution is -0.124. The molecule has 0 aromatic heterocycles. The molecule has 0 saturated heterocycles. The van der Waals surface area contributed by atoms with Crippen LogP contribution in [0, 0.1) is 0 Å². The van der Waals surface area contributed by atoms with E-state index in [1.165, 1.54) is 0 Å². The van der Waals surface area contributed by atoms with Gasteiger partial charge in [-0.1, -0.05) is 84.9 Å². The molecule has 66 heavy (non-hydrogen) atoms. The Kier molecular flexibility index (Phi) is 19.9. The van der Waals surface area contributed by atoms with E-state index in [1.807, 2.05) is 109 Å². The maximum atomic E-state index is 14.8. The monoisotopic (exact) mass is 934 g/mol. The fourth-order valence-electron chi connectivity index (χ4n) is 6.81. The Labute approximate surface area is 395 Å². The summed E-state index contributed by atoms with van der Waals surface area (Å²) in [5.41, 5.74) is 11.8. The molecule has 18 heteroatoms. The zero-order valence-electron chi connectivity index (χ0n) is 36.9. The summed E-state index contributed by atoms with van der Waals surface area (Å²) in [5, 5.41) is 15.4. The summed E-state index contributed by atoms with van der Waals surface area (Å²) < 4.78 is 33.0. The van der Waals surface area contributed by atoms with Gasteiger partial charge in [0.05, 0.1) is 101 Å². The number of amides is 2. The zero-order valence-corrected chi connectivity index (χ0v) is 38.5. The third kappa shape index (κ3) is 14.4. The Morgan fingerprint density at radius 2 is 0.848 bits per heavy atom. The van der Waals surface area contributed by atoms with Crippen molar-refractivity contribution in [2.45, 2.75) is 0 Å². The molecule has 6 rings (SSSR count). The number of hydrazone groups is 2. The average Bonchev–Trinajstić information content (AvgIpc) is 3.78. The third-order valence-electron chi connectivity index (χ3n) is 9.90. The van der Waals surface area contributed by atoms with Gasteiger partial charge in [0, 0.05) is 38.7 Å². The minimum absolute atomic E-state index is 0.189. The minimum atomic E-state index is -0.318. The first-order valence-corrected chi connectivity index (χ1v) is 22.1. The van der Waals surface area contributed by atoms with Crippen LogP contribution in [0.4, 0.5) is 11.4 Å². The van der Waals surface area contributed by atoms with Crippen LogP contribution in [0.15, 0.2) is 131 Å². The van der Waals surface area contributed by atoms with Crippen molar-refractivity contribution in [3.05, 3.63) is 143 Å². The number of ether oxygens (including phenoxy) is 6. The molecule has 0 fully saturated rings. The Balaban J connectivity index is 1.26. The first-order valence-electron chi connectivity index (χ1n) is 21.3. The molecule has 4 aromatic rings. The topological polar surface area (TPSA) is 169 Å². The Morgan fingerprint density at radius 1 is 0.500 bits per heavy atom. The zero-order chi connectivity index (χ0) is 46.4. The number of para-hydroxylation sites is 2. The fraction of sp³-hybridized carbons (Fsp3) is 0.292. The SMILES string of the molecule is COCCOCCOCCN1C(=O)C2=C(c3ccc(/C=N/NC(=S)Nc4ccccc4)cc3)N(CCOCCOCCOC)C(=O)C2=C1c1ccc(/C=N/NC(=S)Nc2ccccc2)cc1. The number of nitrogens with zero attached hydrogens (tertiary/aromatic N) is 4. The number of nitrogens with one attached hydrogen (secondary N) is 4. The number of carbonyl (C=O) groups excluding carboxylic acids is 2. The molecule has 2 aliphatic heterocycles. The van der Waals surface area contributed by atoms with Crippen LogP contribution < -0.4 is 21.5 Å². The van der Waals surface area contributed by atoms with Crippen LogP contribution in [0.1, 0.15) is 22.3 Å². The largest absolute Gasteiger partial charge is 0.382 e. The van der Waals surface area contributed by atoms with Gasteiger partial charge in [0.25, 0.3) is 11.8 Å². The lowest BCUT2D eigenvalue weighted by Crippen LogP contribution is -2.33. The second-order valence-corrected chi connectivity index (χ2v) is 15.2. The molecule has 4 N–H and O–H groups in total. The summed E-state index contributed by atoms with van der Waals surface area (Å²) >= 11 is 10.8. The van der Waals surface area contributed by atoms with E-state index in [-0.39, 0.29) is 38.1 Å². The second-order valence-electron chi connectivity index (χ2n) is 14.4. The number of methoxy groups -OCH3 is 2. The number of hydrogen-bond acceptors (Lipinski definition) is 12. The number of anilines is 2. The van der Waals surface area contributed by atoms with Crippen LogP contribution in [-0.4, -0.2) is 138 Å². The highest BCUT2D eigenvalue weighted by Crippen LogP contribution is 2.46. The standard InChI is InChI=1S/C48H54N8O8S2/c1-59-25-27-63-31-29-61-23-21-55-43(37-17-13-35(14-18-37)33-49-53-47(65)51-39-9-5-3-6-10-39)41-42(45(55)57)44(56(46(41)58)22-24-62-30-32-64-28-26-60-2)38-19-15-36(16-20-38)34-50-54-48(66)52-40-11-7-4-8-12-40/h3-20,33-34H,21-32H2,1-2H3,(H2,51,53,65)(H2,52,54,66)/b49-33+,50-34+. The quantitative estimate of drug-likeness (QED) is 0.0270. The van der Waals surface area contributed by atoms with Crippen LogP contribution in [0.2, 0.25) is 0 Å². The molecular formula is C48H54N8O8S2. The number of hydrogen-bond donors (Lipinski definition) is 4. The molecule has 4 aromatic carbocycles. The molecule has 16 nitrogen and oxygen atoms in total. The third-order valence-corrected chi connectivity index (χ3v) is 10.3. The normalized spacial score (nSPS) is 13.7. The molecule has 0 radical (unpaired) electrons. The van der Waals surface area contributed by atoms with Gasteiger partial charge in [-0.15, -0.1) is 0 Å². The maximum Gasteiger partial charge on any atom is 0.261 e. The van der Waals surface area contributed by atoms with Gasteiger partial charge in [-0.3, -0.25) is 20.4 Å². The Hall–Kier alpha value is -6.22. The molecule has 0 spiro atoms. The lowest BCUT2D eigenvalue weighted by Gasteiger charge is -2.25. The number of benzene rings is 4. The molecule has 346 valence electrons. The van der Waals surface area contributed by atoms with Gasteiger partial charge in [0.15, 0.2) is 10.2 Å². The van der Waals surface area contributed by atoms with Crippen molar-refractivity contribution in [2.75, 3.05) is 104 Å². The first kappa shape index (κ1) is 49.2. The summed E-state index contributed by atoms with van der Waals surface area (Å²) in [6.07, 6.45) is 3.27. The summed E-state index contributed by atoms with van der Waals surface area (Å²) in [6, 6.07) is 34.0. The number of thiocarbonyl (C=S) groups is 2. The van der Waals surface area contributed by atoms with Gasteiger partial charge < -0.3 is 48.9 Å². The summed E-state index contributed by atoms with van der Waals surface area (Å²) in [6.45, 7) is 4.02. The van der Waals surface area contributed by atoms with E-state index in [4.69, 9.17) is 52.9 Å². The van der Waals surface area contributed by atoms with Crippen LogP contribution in [-0.2, 0) is 38.0 Å². The Morgan fingerprint density at radius 3 is 1.21 bits per heavy atom. The van der Waals surface area contributed by atoms with E-state index < -0.39 is 0 Å². The van der Waals surface area contributed by atoms with Crippen molar-refractivity contribution in [1.82, 2.24) is 20.7 Å². The van der Waals surface area contributed by atoms with E-state index in [0.717, 1.165) is 22.5 Å². The first-order chi connectivity index (χ1) is 32.4. The highest BCUT2D eigenvalue weighted by atomic mass is 32.1. The van der Waals surface area contributed by atoms with Gasteiger partial charge in [-0.05, 0) is 71.0 Å². The van der Waals surface area contributed by atoms with E-state index in [9.17, 15) is 9.59 Å². The van der Waals surface area contributed by atoms with Crippen LogP contribution in [0.3, 0.4) is 0 Å². The van der Waals surface area contributed by atoms with Crippen molar-refractivity contribution in [3.8, 4) is 0 Å². The average molecular weight is 935 g/mol. The molecule has 0 aliphatic carbocycles. The molecule has 2 amide bonds. The van der Waals surface area contributed by atoms with Gasteiger partial charge in [0.1, 0.15) is 0 Å². The van der Waals surface area contributed by atoms with Gasteiger partial charge in [0.2, 0.25) is 0 Å². The molecule has 0 unspecified atom stereocenters. The van der Waals surface area contributed by atoms with Gasteiger partial charge in [-0.2, -0.15) is 10.2 Å². The summed E-state index contributed by atoms with van der Waals surface area (Å²) in [7, 11) is 3.23. The number of rotatable bonds is 26. The molecule has 2 aliphatic rings. The number of carbonyl (C=O) groups is 2. The molecule has 0 atom stereocenters. The lowest BCUT2D eigenvalue weighted by atomic mass is 10.0. The summed E-state index contributed by atoms with van der Waals surface area (Å²) in [4.78, 5) is 32.8. The van der Waals surface area contributed by atoms with E-state index >= 15 is 0 Å². The molecule has 0 bridgehead atoms. The Bertz CT molecular complexity index is 2180. The maximum absolute atomic E-state index is 14.8. The van der Waals surface area contributed by atoms with Gasteiger partial charge in [-0.25, -0.2) is 0 Å². The van der Waals surface area contributed by atoms with Crippen LogP contribution in [0.25, 0.3) is 11.4 Å². The number of fused-ring (bicyclic) bond motifs is 1. The predicted octanol–water partition coefficient (Wildman–Crippen LogP) is 5.49. The molecule has 2 heterocycles.